The number of aliphatic hydroxyl groups is 1. The molecule has 8 nitrogen and oxygen atoms in total. The van der Waals surface area contributed by atoms with Gasteiger partial charge in [0, 0.05) is 24.1 Å². The minimum atomic E-state index is -3.32. The number of hydrogen-bond donors (Lipinski definition) is 4. The van der Waals surface area contributed by atoms with E-state index in [0.29, 0.717) is 16.0 Å². The van der Waals surface area contributed by atoms with Crippen LogP contribution in [-0.4, -0.2) is 70.0 Å². The van der Waals surface area contributed by atoms with Crippen LogP contribution in [-0.2, 0) is 16.0 Å². The Balaban J connectivity index is 1.86. The number of amides is 3. The van der Waals surface area contributed by atoms with Crippen LogP contribution in [0.1, 0.15) is 41.8 Å². The third-order valence-corrected chi connectivity index (χ3v) is 6.69. The van der Waals surface area contributed by atoms with Crippen molar-refractivity contribution in [3.63, 3.8) is 0 Å². The Hall–Kier alpha value is -3.79. The number of phenolic OH excluding ortho intramolecular Hbond substituents is 1. The first-order chi connectivity index (χ1) is 17.9. The molecule has 0 bridgehead atoms. The number of benzene rings is 2. The van der Waals surface area contributed by atoms with Crippen LogP contribution in [0.25, 0.3) is 0 Å². The molecule has 3 rings (SSSR count). The van der Waals surface area contributed by atoms with Crippen LogP contribution < -0.4 is 10.6 Å². The minimum absolute atomic E-state index is 0.0128. The highest BCUT2D eigenvalue weighted by molar-refractivity contribution is 5.97. The molecule has 1 aliphatic heterocycles. The van der Waals surface area contributed by atoms with E-state index in [4.69, 9.17) is 0 Å². The van der Waals surface area contributed by atoms with Crippen molar-refractivity contribution in [3.05, 3.63) is 76.9 Å². The van der Waals surface area contributed by atoms with E-state index in [2.05, 4.69) is 10.6 Å². The summed E-state index contributed by atoms with van der Waals surface area (Å²) in [5.74, 6) is -5.91. The van der Waals surface area contributed by atoms with Gasteiger partial charge in [0.05, 0.1) is 12.6 Å². The lowest BCUT2D eigenvalue weighted by Crippen LogP contribution is -2.56. The predicted octanol–water partition coefficient (Wildman–Crippen LogP) is 2.72. The summed E-state index contributed by atoms with van der Waals surface area (Å²) in [6.07, 6.45) is -1.01. The van der Waals surface area contributed by atoms with Gasteiger partial charge < -0.3 is 25.7 Å². The van der Waals surface area contributed by atoms with Crippen molar-refractivity contribution in [2.45, 2.75) is 57.7 Å². The smallest absolute Gasteiger partial charge is 0.267 e. The third-order valence-electron chi connectivity index (χ3n) is 6.69. The molecule has 1 fully saturated rings. The first-order valence-corrected chi connectivity index (χ1v) is 12.3. The SMILES string of the molecule is C/C=C(\C)CNC(=O)C1CC(F)(F)CN1C(=O)C(O)C(Cc1ccccc1)NC(=O)c1cccc(O)c1C. The lowest BCUT2D eigenvalue weighted by Gasteiger charge is -2.30. The van der Waals surface area contributed by atoms with Gasteiger partial charge in [-0.3, -0.25) is 14.4 Å². The second kappa shape index (κ2) is 12.2. The molecule has 4 N–H and O–H groups in total. The number of aliphatic hydroxyl groups excluding tert-OH is 1. The van der Waals surface area contributed by atoms with E-state index in [1.807, 2.05) is 0 Å². The Morgan fingerprint density at radius 1 is 1.16 bits per heavy atom. The van der Waals surface area contributed by atoms with Gasteiger partial charge in [-0.2, -0.15) is 0 Å². The zero-order valence-electron chi connectivity index (χ0n) is 21.6. The fourth-order valence-electron chi connectivity index (χ4n) is 4.30. The molecule has 0 spiro atoms. The number of nitrogens with zero attached hydrogens (tertiary/aromatic N) is 1. The first kappa shape index (κ1) is 28.8. The molecule has 3 atom stereocenters. The summed E-state index contributed by atoms with van der Waals surface area (Å²) in [6, 6.07) is 10.4. The van der Waals surface area contributed by atoms with E-state index in [1.54, 1.807) is 57.2 Å². The van der Waals surface area contributed by atoms with Crippen molar-refractivity contribution in [1.82, 2.24) is 15.5 Å². The van der Waals surface area contributed by atoms with Crippen molar-refractivity contribution >= 4 is 17.7 Å². The van der Waals surface area contributed by atoms with Gasteiger partial charge in [0.2, 0.25) is 5.91 Å². The molecule has 2 aromatic carbocycles. The van der Waals surface area contributed by atoms with E-state index in [1.165, 1.54) is 18.2 Å². The van der Waals surface area contributed by atoms with Crippen LogP contribution >= 0.6 is 0 Å². The summed E-state index contributed by atoms with van der Waals surface area (Å²) in [7, 11) is 0. The van der Waals surface area contributed by atoms with Crippen LogP contribution in [0.15, 0.2) is 60.2 Å². The highest BCUT2D eigenvalue weighted by atomic mass is 19.3. The fourth-order valence-corrected chi connectivity index (χ4v) is 4.30. The van der Waals surface area contributed by atoms with E-state index >= 15 is 0 Å². The molecule has 1 saturated heterocycles. The van der Waals surface area contributed by atoms with Gasteiger partial charge in [0.25, 0.3) is 17.7 Å². The number of hydrogen-bond acceptors (Lipinski definition) is 5. The lowest BCUT2D eigenvalue weighted by atomic mass is 9.98. The molecule has 3 unspecified atom stereocenters. The predicted molar refractivity (Wildman–Crippen MR) is 138 cm³/mol. The molecule has 1 aliphatic rings. The van der Waals surface area contributed by atoms with Crippen molar-refractivity contribution in [2.24, 2.45) is 0 Å². The normalized spacial score (nSPS) is 18.5. The molecular weight excluding hydrogens is 496 g/mol. The third kappa shape index (κ3) is 6.95. The van der Waals surface area contributed by atoms with Crippen LogP contribution in [0.2, 0.25) is 0 Å². The number of halogens is 2. The van der Waals surface area contributed by atoms with Gasteiger partial charge in [-0.15, -0.1) is 0 Å². The summed E-state index contributed by atoms with van der Waals surface area (Å²) in [4.78, 5) is 39.9. The molecule has 204 valence electrons. The number of aromatic hydroxyl groups is 1. The van der Waals surface area contributed by atoms with E-state index in [0.717, 1.165) is 5.57 Å². The van der Waals surface area contributed by atoms with Crippen molar-refractivity contribution < 1.29 is 33.4 Å². The summed E-state index contributed by atoms with van der Waals surface area (Å²) in [5.41, 5.74) is 1.93. The maximum absolute atomic E-state index is 14.4. The molecular formula is C28H33F2N3O5. The molecule has 38 heavy (non-hydrogen) atoms. The van der Waals surface area contributed by atoms with Gasteiger partial charge in [-0.1, -0.05) is 48.0 Å². The maximum atomic E-state index is 14.4. The van der Waals surface area contributed by atoms with E-state index < -0.39 is 54.8 Å². The van der Waals surface area contributed by atoms with Crippen molar-refractivity contribution in [3.8, 4) is 5.75 Å². The minimum Gasteiger partial charge on any atom is -0.508 e. The van der Waals surface area contributed by atoms with Crippen LogP contribution in [0, 0.1) is 6.92 Å². The second-order valence-corrected chi connectivity index (χ2v) is 9.56. The number of carbonyl (C=O) groups is 3. The highest BCUT2D eigenvalue weighted by Gasteiger charge is 2.51. The van der Waals surface area contributed by atoms with Gasteiger partial charge in [-0.05, 0) is 44.9 Å². The topological polar surface area (TPSA) is 119 Å². The lowest BCUT2D eigenvalue weighted by molar-refractivity contribution is -0.147. The number of likely N-dealkylation sites (tertiary alicyclic amines) is 1. The quantitative estimate of drug-likeness (QED) is 0.373. The molecule has 0 aliphatic carbocycles. The Morgan fingerprint density at radius 2 is 1.84 bits per heavy atom. The number of allylic oxidation sites excluding steroid dienone is 1. The molecule has 0 aromatic heterocycles. The molecule has 3 amide bonds. The molecule has 2 aromatic rings. The Bertz CT molecular complexity index is 1200. The fraction of sp³-hybridized carbons (Fsp3) is 0.393. The maximum Gasteiger partial charge on any atom is 0.267 e. The molecule has 10 heteroatoms. The highest BCUT2D eigenvalue weighted by Crippen LogP contribution is 2.33. The number of carbonyl (C=O) groups excluding carboxylic acids is 3. The number of nitrogens with one attached hydrogen (secondary N) is 2. The number of phenols is 1. The number of alkyl halides is 2. The molecule has 0 radical (unpaired) electrons. The van der Waals surface area contributed by atoms with Gasteiger partial charge in [0.1, 0.15) is 11.8 Å². The van der Waals surface area contributed by atoms with Gasteiger partial charge >= 0.3 is 0 Å². The van der Waals surface area contributed by atoms with Crippen LogP contribution in [0.5, 0.6) is 5.75 Å². The summed E-state index contributed by atoms with van der Waals surface area (Å²) in [6.45, 7) is 4.19. The van der Waals surface area contributed by atoms with Gasteiger partial charge in [-0.25, -0.2) is 8.78 Å². The zero-order valence-corrected chi connectivity index (χ0v) is 21.6. The van der Waals surface area contributed by atoms with Crippen molar-refractivity contribution in [1.29, 1.82) is 0 Å². The van der Waals surface area contributed by atoms with E-state index in [9.17, 15) is 33.4 Å². The number of rotatable bonds is 9. The van der Waals surface area contributed by atoms with Gasteiger partial charge in [0.15, 0.2) is 6.10 Å². The molecule has 0 saturated carbocycles. The Kier molecular flexibility index (Phi) is 9.22. The first-order valence-electron chi connectivity index (χ1n) is 12.3. The Labute approximate surface area is 220 Å². The standard InChI is InChI=1S/C28H33F2N3O5/c1-4-17(2)15-31-26(37)22-14-28(29,30)16-33(22)27(38)24(35)21(13-19-9-6-5-7-10-19)32-25(36)20-11-8-12-23(34)18(20)3/h4-12,21-22,24,34-35H,13-16H2,1-3H3,(H,31,37)(H,32,36)/b17-4+. The second-order valence-electron chi connectivity index (χ2n) is 9.56. The van der Waals surface area contributed by atoms with E-state index in [-0.39, 0.29) is 24.3 Å². The Morgan fingerprint density at radius 3 is 2.50 bits per heavy atom. The summed E-state index contributed by atoms with van der Waals surface area (Å²) in [5, 5.41) is 26.3. The summed E-state index contributed by atoms with van der Waals surface area (Å²) < 4.78 is 28.8. The van der Waals surface area contributed by atoms with Crippen molar-refractivity contribution in [2.75, 3.05) is 13.1 Å². The summed E-state index contributed by atoms with van der Waals surface area (Å²) >= 11 is 0. The van der Waals surface area contributed by atoms with Crippen LogP contribution in [0.4, 0.5) is 8.78 Å². The largest absolute Gasteiger partial charge is 0.508 e. The van der Waals surface area contributed by atoms with Crippen LogP contribution in [0.3, 0.4) is 0 Å². The zero-order chi connectivity index (χ0) is 28.0. The average Bonchev–Trinajstić information content (AvgIpc) is 3.23. The monoisotopic (exact) mass is 529 g/mol. The average molecular weight is 530 g/mol. The molecule has 1 heterocycles.